The average molecular weight is 403 g/mol. The maximum absolute atomic E-state index is 12.3. The summed E-state index contributed by atoms with van der Waals surface area (Å²) in [5.41, 5.74) is 0.426. The van der Waals surface area contributed by atoms with Gasteiger partial charge in [0.05, 0.1) is 21.4 Å². The van der Waals surface area contributed by atoms with Gasteiger partial charge < -0.3 is 0 Å². The second-order valence-corrected chi connectivity index (χ2v) is 8.49. The van der Waals surface area contributed by atoms with Gasteiger partial charge in [0, 0.05) is 11.3 Å². The summed E-state index contributed by atoms with van der Waals surface area (Å²) in [6, 6.07) is 5.14. The van der Waals surface area contributed by atoms with E-state index in [4.69, 9.17) is 23.2 Å². The summed E-state index contributed by atoms with van der Waals surface area (Å²) >= 11 is 13.0. The molecule has 0 unspecified atom stereocenters. The Morgan fingerprint density at radius 3 is 2.71 bits per heavy atom. The highest BCUT2D eigenvalue weighted by Gasteiger charge is 2.20. The van der Waals surface area contributed by atoms with E-state index in [2.05, 4.69) is 20.3 Å². The lowest BCUT2D eigenvalue weighted by Crippen LogP contribution is -2.17. The van der Waals surface area contributed by atoms with E-state index in [1.165, 1.54) is 11.3 Å². The Balaban J connectivity index is 1.94. The fraction of sp³-hybridized carbons (Fsp3) is 0.0769. The number of fused-ring (bicyclic) bond motifs is 1. The number of carbonyl (C=O) groups excluding carboxylic acids is 1. The number of rotatable bonds is 3. The molecule has 0 radical (unpaired) electrons. The normalized spacial score (nSPS) is 11.6. The van der Waals surface area contributed by atoms with Crippen LogP contribution in [0.4, 0.5) is 5.13 Å². The van der Waals surface area contributed by atoms with E-state index in [0.29, 0.717) is 15.7 Å². The van der Waals surface area contributed by atoms with Crippen LogP contribution in [0, 0.1) is 0 Å². The Hall–Kier alpha value is -1.81. The molecule has 0 aliphatic heterocycles. The number of halogens is 2. The second kappa shape index (κ2) is 6.25. The van der Waals surface area contributed by atoms with E-state index in [-0.39, 0.29) is 10.7 Å². The molecule has 0 fully saturated rings. The molecular weight excluding hydrogens is 395 g/mol. The molecule has 11 heteroatoms. The highest BCUT2D eigenvalue weighted by molar-refractivity contribution is 7.90. The van der Waals surface area contributed by atoms with Gasteiger partial charge in [-0.1, -0.05) is 34.5 Å². The van der Waals surface area contributed by atoms with Gasteiger partial charge in [-0.2, -0.15) is 0 Å². The van der Waals surface area contributed by atoms with E-state index in [1.54, 1.807) is 18.2 Å². The zero-order chi connectivity index (χ0) is 17.5. The van der Waals surface area contributed by atoms with Gasteiger partial charge in [-0.25, -0.2) is 23.4 Å². The smallest absolute Gasteiger partial charge is 0.277 e. The molecule has 0 aliphatic rings. The largest absolute Gasteiger partial charge is 0.296 e. The number of hydrogen-bond donors (Lipinski definition) is 1. The van der Waals surface area contributed by atoms with Gasteiger partial charge >= 0.3 is 0 Å². The van der Waals surface area contributed by atoms with Crippen LogP contribution in [0.5, 0.6) is 0 Å². The van der Waals surface area contributed by atoms with E-state index in [9.17, 15) is 13.2 Å². The van der Waals surface area contributed by atoms with Crippen molar-refractivity contribution in [2.75, 3.05) is 11.6 Å². The van der Waals surface area contributed by atoms with Crippen LogP contribution in [0.15, 0.2) is 29.6 Å². The highest BCUT2D eigenvalue weighted by atomic mass is 35.5. The van der Waals surface area contributed by atoms with Crippen molar-refractivity contribution in [3.05, 3.63) is 40.1 Å². The van der Waals surface area contributed by atoms with Crippen molar-refractivity contribution in [1.29, 1.82) is 0 Å². The van der Waals surface area contributed by atoms with E-state index >= 15 is 0 Å². The molecule has 24 heavy (non-hydrogen) atoms. The Morgan fingerprint density at radius 2 is 2.00 bits per heavy atom. The molecule has 0 saturated carbocycles. The summed E-state index contributed by atoms with van der Waals surface area (Å²) in [6.07, 6.45) is 2.01. The van der Waals surface area contributed by atoms with Gasteiger partial charge in [0.25, 0.3) is 5.91 Å². The molecule has 124 valence electrons. The van der Waals surface area contributed by atoms with Crippen molar-refractivity contribution in [3.8, 4) is 0 Å². The van der Waals surface area contributed by atoms with E-state index in [0.717, 1.165) is 17.2 Å². The van der Waals surface area contributed by atoms with Crippen molar-refractivity contribution < 1.29 is 13.2 Å². The van der Waals surface area contributed by atoms with Gasteiger partial charge in [-0.3, -0.25) is 10.1 Å². The van der Waals surface area contributed by atoms with E-state index < -0.39 is 20.9 Å². The van der Waals surface area contributed by atoms with Crippen molar-refractivity contribution in [1.82, 2.24) is 15.0 Å². The summed E-state index contributed by atoms with van der Waals surface area (Å²) in [7, 11) is -3.66. The Labute approximate surface area is 150 Å². The van der Waals surface area contributed by atoms with E-state index in [1.807, 2.05) is 0 Å². The lowest BCUT2D eigenvalue weighted by Gasteiger charge is -2.04. The maximum atomic E-state index is 12.3. The van der Waals surface area contributed by atoms with Gasteiger partial charge in [0.1, 0.15) is 0 Å². The topological polar surface area (TPSA) is 102 Å². The third kappa shape index (κ3) is 3.48. The van der Waals surface area contributed by atoms with Crippen LogP contribution in [0.1, 0.15) is 10.5 Å². The summed E-state index contributed by atoms with van der Waals surface area (Å²) in [4.78, 5) is 23.9. The number of sulfone groups is 1. The van der Waals surface area contributed by atoms with Crippen LogP contribution in [0.2, 0.25) is 10.0 Å². The van der Waals surface area contributed by atoms with Gasteiger partial charge in [-0.15, -0.1) is 0 Å². The summed E-state index contributed by atoms with van der Waals surface area (Å²) < 4.78 is 23.8. The zero-order valence-electron chi connectivity index (χ0n) is 11.9. The summed E-state index contributed by atoms with van der Waals surface area (Å²) in [5, 5.41) is 2.87. The van der Waals surface area contributed by atoms with Crippen LogP contribution in [-0.4, -0.2) is 35.5 Å². The molecule has 1 amide bonds. The van der Waals surface area contributed by atoms with Crippen molar-refractivity contribution >= 4 is 65.6 Å². The first-order chi connectivity index (χ1) is 11.2. The fourth-order valence-electron chi connectivity index (χ4n) is 1.80. The Morgan fingerprint density at radius 1 is 1.25 bits per heavy atom. The molecule has 3 rings (SSSR count). The van der Waals surface area contributed by atoms with Crippen LogP contribution < -0.4 is 5.32 Å². The quantitative estimate of drug-likeness (QED) is 0.675. The summed E-state index contributed by atoms with van der Waals surface area (Å²) in [6.45, 7) is 0. The molecule has 0 saturated heterocycles. The number of carbonyl (C=O) groups is 1. The third-order valence-electron chi connectivity index (χ3n) is 2.84. The number of thiazole rings is 1. The minimum Gasteiger partial charge on any atom is -0.296 e. The predicted molar refractivity (Wildman–Crippen MR) is 92.7 cm³/mol. The molecule has 3 aromatic rings. The molecule has 2 aromatic heterocycles. The number of nitrogens with one attached hydrogen (secondary N) is 1. The molecular formula is C13H8Cl2N4O3S2. The van der Waals surface area contributed by atoms with Crippen LogP contribution in [-0.2, 0) is 9.84 Å². The Kier molecular flexibility index (Phi) is 4.43. The van der Waals surface area contributed by atoms with Gasteiger partial charge in [-0.05, 0) is 18.2 Å². The first kappa shape index (κ1) is 17.0. The number of benzene rings is 1. The van der Waals surface area contributed by atoms with Crippen LogP contribution in [0.25, 0.3) is 10.2 Å². The monoisotopic (exact) mass is 402 g/mol. The maximum Gasteiger partial charge on any atom is 0.277 e. The lowest BCUT2D eigenvalue weighted by atomic mass is 10.3. The van der Waals surface area contributed by atoms with Crippen molar-refractivity contribution in [3.63, 3.8) is 0 Å². The highest BCUT2D eigenvalue weighted by Crippen LogP contribution is 2.28. The van der Waals surface area contributed by atoms with Crippen LogP contribution >= 0.6 is 34.5 Å². The second-order valence-electron chi connectivity index (χ2n) is 4.71. The summed E-state index contributed by atoms with van der Waals surface area (Å²) in [5.74, 6) is -0.683. The SMILES string of the molecule is CS(=O)(=O)c1ncc(Cl)c(C(=O)Nc2nc3ccc(Cl)cc3s2)n1. The number of aromatic nitrogens is 3. The third-order valence-corrected chi connectivity index (χ3v) is 5.14. The van der Waals surface area contributed by atoms with Crippen molar-refractivity contribution in [2.45, 2.75) is 5.16 Å². The standard InChI is InChI=1S/C13H8Cl2N4O3S2/c1-24(21,22)13-16-5-7(15)10(18-13)11(20)19-12-17-8-3-2-6(14)4-9(8)23-12/h2-5H,1H3,(H,17,19,20). The first-order valence-electron chi connectivity index (χ1n) is 6.34. The minimum atomic E-state index is -3.66. The van der Waals surface area contributed by atoms with Crippen LogP contribution in [0.3, 0.4) is 0 Å². The number of amides is 1. The fourth-order valence-corrected chi connectivity index (χ4v) is 3.61. The number of hydrogen-bond acceptors (Lipinski definition) is 7. The molecule has 0 bridgehead atoms. The number of nitrogens with zero attached hydrogens (tertiary/aromatic N) is 3. The first-order valence-corrected chi connectivity index (χ1v) is 9.80. The number of anilines is 1. The Bertz CT molecular complexity index is 1070. The lowest BCUT2D eigenvalue weighted by molar-refractivity contribution is 0.102. The minimum absolute atomic E-state index is 0.0657. The van der Waals surface area contributed by atoms with Gasteiger partial charge in [0.15, 0.2) is 10.8 Å². The molecule has 7 nitrogen and oxygen atoms in total. The molecule has 0 atom stereocenters. The molecule has 0 aliphatic carbocycles. The molecule has 0 spiro atoms. The molecule has 1 aromatic carbocycles. The molecule has 1 N–H and O–H groups in total. The molecule has 2 heterocycles. The predicted octanol–water partition coefficient (Wildman–Crippen LogP) is 3.05. The van der Waals surface area contributed by atoms with Gasteiger partial charge in [0.2, 0.25) is 15.0 Å². The zero-order valence-corrected chi connectivity index (χ0v) is 15.1. The van der Waals surface area contributed by atoms with Crippen molar-refractivity contribution in [2.24, 2.45) is 0 Å². The average Bonchev–Trinajstić information content (AvgIpc) is 2.87.